The van der Waals surface area contributed by atoms with Gasteiger partial charge in [-0.05, 0) is 36.4 Å². The van der Waals surface area contributed by atoms with E-state index in [4.69, 9.17) is 4.84 Å². The van der Waals surface area contributed by atoms with E-state index in [0.29, 0.717) is 10.4 Å². The third-order valence-corrected chi connectivity index (χ3v) is 6.71. The predicted molar refractivity (Wildman–Crippen MR) is 99.1 cm³/mol. The van der Waals surface area contributed by atoms with Gasteiger partial charge < -0.3 is 4.57 Å². The lowest BCUT2D eigenvalue weighted by Crippen LogP contribution is -2.25. The first-order valence-electron chi connectivity index (χ1n) is 7.61. The predicted octanol–water partition coefficient (Wildman–Crippen LogP) is 2.16. The second-order valence-electron chi connectivity index (χ2n) is 5.45. The van der Waals surface area contributed by atoms with Crippen LogP contribution in [-0.2, 0) is 21.9 Å². The van der Waals surface area contributed by atoms with Gasteiger partial charge in [-0.1, -0.05) is 27.9 Å². The Morgan fingerprint density at radius 1 is 1.15 bits per heavy atom. The molecule has 0 atom stereocenters. The highest BCUT2D eigenvalue weighted by Crippen LogP contribution is 2.17. The minimum absolute atomic E-state index is 0.0332. The van der Waals surface area contributed by atoms with E-state index >= 15 is 0 Å². The van der Waals surface area contributed by atoms with Crippen molar-refractivity contribution in [2.24, 2.45) is 12.0 Å². The van der Waals surface area contributed by atoms with Crippen LogP contribution in [0.3, 0.4) is 0 Å². The molecule has 0 saturated heterocycles. The standard InChI is InChI=1S/C17H17N3O4S2/c1-19-14-6-4-5-7-15(14)25-17(19)18-16(21)12-8-10-13(11-9-12)26(22,23)20(2)24-3/h4-11H,1-3H3. The van der Waals surface area contributed by atoms with E-state index in [2.05, 4.69) is 4.99 Å². The lowest BCUT2D eigenvalue weighted by Gasteiger charge is -2.13. The topological polar surface area (TPSA) is 81.0 Å². The molecule has 0 radical (unpaired) electrons. The van der Waals surface area contributed by atoms with Crippen molar-refractivity contribution in [3.05, 3.63) is 58.9 Å². The molecule has 1 amide bonds. The molecule has 26 heavy (non-hydrogen) atoms. The number of carbonyl (C=O) groups is 1. The number of carbonyl (C=O) groups excluding carboxylic acids is 1. The van der Waals surface area contributed by atoms with Gasteiger partial charge in [-0.25, -0.2) is 8.42 Å². The molecule has 0 saturated carbocycles. The molecule has 1 heterocycles. The van der Waals surface area contributed by atoms with Gasteiger partial charge in [-0.3, -0.25) is 9.63 Å². The number of nitrogens with zero attached hydrogens (tertiary/aromatic N) is 3. The molecular formula is C17H17N3O4S2. The van der Waals surface area contributed by atoms with Crippen LogP contribution in [0.15, 0.2) is 58.4 Å². The van der Waals surface area contributed by atoms with Gasteiger partial charge in [-0.2, -0.15) is 4.99 Å². The molecule has 0 aliphatic carbocycles. The van der Waals surface area contributed by atoms with Crippen LogP contribution in [0.2, 0.25) is 0 Å². The average molecular weight is 391 g/mol. The van der Waals surface area contributed by atoms with Gasteiger partial charge in [0.15, 0.2) is 4.80 Å². The number of sulfonamides is 1. The van der Waals surface area contributed by atoms with Crippen LogP contribution >= 0.6 is 11.3 Å². The van der Waals surface area contributed by atoms with E-state index in [9.17, 15) is 13.2 Å². The van der Waals surface area contributed by atoms with Crippen molar-refractivity contribution in [3.63, 3.8) is 0 Å². The number of aryl methyl sites for hydroxylation is 1. The zero-order chi connectivity index (χ0) is 18.9. The molecule has 0 N–H and O–H groups in total. The number of para-hydroxylation sites is 1. The molecular weight excluding hydrogens is 374 g/mol. The number of benzene rings is 2. The molecule has 0 aliphatic heterocycles. The van der Waals surface area contributed by atoms with Crippen LogP contribution in [0, 0.1) is 0 Å². The van der Waals surface area contributed by atoms with Crippen molar-refractivity contribution in [3.8, 4) is 0 Å². The zero-order valence-corrected chi connectivity index (χ0v) is 16.0. The Balaban J connectivity index is 1.94. The van der Waals surface area contributed by atoms with Gasteiger partial charge in [0.2, 0.25) is 0 Å². The monoisotopic (exact) mass is 391 g/mol. The van der Waals surface area contributed by atoms with Crippen LogP contribution in [-0.4, -0.2) is 37.5 Å². The van der Waals surface area contributed by atoms with Crippen molar-refractivity contribution < 1.29 is 18.0 Å². The highest BCUT2D eigenvalue weighted by Gasteiger charge is 2.21. The zero-order valence-electron chi connectivity index (χ0n) is 14.4. The molecule has 0 bridgehead atoms. The van der Waals surface area contributed by atoms with Crippen LogP contribution in [0.4, 0.5) is 0 Å². The molecule has 0 aliphatic rings. The van der Waals surface area contributed by atoms with Crippen molar-refractivity contribution in [2.75, 3.05) is 14.2 Å². The second kappa shape index (κ2) is 7.12. The van der Waals surface area contributed by atoms with Crippen LogP contribution in [0.5, 0.6) is 0 Å². The molecule has 0 unspecified atom stereocenters. The summed E-state index contributed by atoms with van der Waals surface area (Å²) in [6, 6.07) is 13.4. The summed E-state index contributed by atoms with van der Waals surface area (Å²) in [4.78, 5) is 21.9. The quantitative estimate of drug-likeness (QED) is 0.638. The van der Waals surface area contributed by atoms with Gasteiger partial charge in [0.25, 0.3) is 15.9 Å². The number of aromatic nitrogens is 1. The first-order chi connectivity index (χ1) is 12.3. The summed E-state index contributed by atoms with van der Waals surface area (Å²) in [6.45, 7) is 0. The Hall–Kier alpha value is -2.33. The van der Waals surface area contributed by atoms with Crippen LogP contribution < -0.4 is 4.80 Å². The maximum Gasteiger partial charge on any atom is 0.279 e. The fraction of sp³-hybridized carbons (Fsp3) is 0.176. The number of thiazole rings is 1. The fourth-order valence-electron chi connectivity index (χ4n) is 2.36. The minimum Gasteiger partial charge on any atom is -0.319 e. The Kier molecular flexibility index (Phi) is 5.05. The van der Waals surface area contributed by atoms with E-state index in [-0.39, 0.29) is 4.90 Å². The molecule has 1 aromatic heterocycles. The van der Waals surface area contributed by atoms with E-state index < -0.39 is 15.9 Å². The van der Waals surface area contributed by atoms with Crippen molar-refractivity contribution in [1.82, 2.24) is 9.04 Å². The summed E-state index contributed by atoms with van der Waals surface area (Å²) < 4.78 is 28.0. The normalized spacial score (nSPS) is 12.8. The highest BCUT2D eigenvalue weighted by atomic mass is 32.2. The summed E-state index contributed by atoms with van der Waals surface area (Å²) in [7, 11) is 0.661. The van der Waals surface area contributed by atoms with Crippen LogP contribution in [0.25, 0.3) is 10.2 Å². The molecule has 2 aromatic carbocycles. The fourth-order valence-corrected chi connectivity index (χ4v) is 4.35. The maximum atomic E-state index is 12.4. The number of amides is 1. The van der Waals surface area contributed by atoms with Gasteiger partial charge in [0.1, 0.15) is 0 Å². The van der Waals surface area contributed by atoms with Crippen molar-refractivity contribution >= 4 is 37.5 Å². The number of hydroxylamine groups is 1. The molecule has 3 rings (SSSR count). The molecule has 136 valence electrons. The lowest BCUT2D eigenvalue weighted by atomic mass is 10.2. The van der Waals surface area contributed by atoms with Gasteiger partial charge >= 0.3 is 0 Å². The van der Waals surface area contributed by atoms with E-state index in [0.717, 1.165) is 14.7 Å². The first-order valence-corrected chi connectivity index (χ1v) is 9.87. The average Bonchev–Trinajstić information content (AvgIpc) is 2.97. The molecule has 9 heteroatoms. The van der Waals surface area contributed by atoms with Crippen molar-refractivity contribution in [2.45, 2.75) is 4.90 Å². The summed E-state index contributed by atoms with van der Waals surface area (Å²) >= 11 is 1.42. The van der Waals surface area contributed by atoms with Crippen LogP contribution in [0.1, 0.15) is 10.4 Å². The second-order valence-corrected chi connectivity index (χ2v) is 8.39. The Morgan fingerprint density at radius 3 is 2.42 bits per heavy atom. The summed E-state index contributed by atoms with van der Waals surface area (Å²) in [5, 5.41) is 0. The number of hydrogen-bond acceptors (Lipinski definition) is 5. The number of hydrogen-bond donors (Lipinski definition) is 0. The van der Waals surface area contributed by atoms with Crippen molar-refractivity contribution in [1.29, 1.82) is 0 Å². The Labute approximate surface area is 154 Å². The highest BCUT2D eigenvalue weighted by molar-refractivity contribution is 7.89. The Bertz CT molecular complexity index is 1130. The summed E-state index contributed by atoms with van der Waals surface area (Å²) in [5.41, 5.74) is 1.30. The first kappa shape index (κ1) is 18.5. The van der Waals surface area contributed by atoms with E-state index in [1.54, 1.807) is 0 Å². The third kappa shape index (κ3) is 3.34. The number of rotatable bonds is 4. The molecule has 0 spiro atoms. The van der Waals surface area contributed by atoms with Gasteiger partial charge in [0, 0.05) is 19.7 Å². The summed E-state index contributed by atoms with van der Waals surface area (Å²) in [6.07, 6.45) is 0. The molecule has 0 fully saturated rings. The third-order valence-electron chi connectivity index (χ3n) is 3.91. The molecule has 3 aromatic rings. The maximum absolute atomic E-state index is 12.4. The number of fused-ring (bicyclic) bond motifs is 1. The Morgan fingerprint density at radius 2 is 1.81 bits per heavy atom. The molecule has 7 nitrogen and oxygen atoms in total. The SMILES string of the molecule is CON(C)S(=O)(=O)c1ccc(C(=O)N=c2sc3ccccc3n2C)cc1. The van der Waals surface area contributed by atoms with E-state index in [1.165, 1.54) is 49.8 Å². The lowest BCUT2D eigenvalue weighted by molar-refractivity contribution is -0.0258. The minimum atomic E-state index is -3.75. The smallest absolute Gasteiger partial charge is 0.279 e. The largest absolute Gasteiger partial charge is 0.319 e. The van der Waals surface area contributed by atoms with E-state index in [1.807, 2.05) is 35.9 Å². The van der Waals surface area contributed by atoms with Gasteiger partial charge in [-0.15, -0.1) is 0 Å². The summed E-state index contributed by atoms with van der Waals surface area (Å²) in [5.74, 6) is -0.434. The van der Waals surface area contributed by atoms with Gasteiger partial charge in [0.05, 0.1) is 22.2 Å².